The number of rotatable bonds is 8. The maximum absolute atomic E-state index is 12.4. The summed E-state index contributed by atoms with van der Waals surface area (Å²) in [6, 6.07) is 13.8. The number of carbonyl (C=O) groups excluding carboxylic acids is 3. The predicted octanol–water partition coefficient (Wildman–Crippen LogP) is 2.57. The molecule has 2 aromatic carbocycles. The van der Waals surface area contributed by atoms with Crippen LogP contribution in [0.25, 0.3) is 0 Å². The van der Waals surface area contributed by atoms with E-state index in [1.807, 2.05) is 25.1 Å². The van der Waals surface area contributed by atoms with Crippen molar-refractivity contribution >= 4 is 35.2 Å². The number of amides is 2. The third-order valence-electron chi connectivity index (χ3n) is 4.64. The number of nitrogens with zero attached hydrogens (tertiary/aromatic N) is 3. The van der Waals surface area contributed by atoms with Crippen LogP contribution in [-0.4, -0.2) is 45.4 Å². The fourth-order valence-corrected chi connectivity index (χ4v) is 3.57. The normalized spacial score (nSPS) is 10.5. The van der Waals surface area contributed by atoms with Crippen LogP contribution >= 0.6 is 11.8 Å². The van der Waals surface area contributed by atoms with Gasteiger partial charge in [0.05, 0.1) is 25.0 Å². The van der Waals surface area contributed by atoms with Gasteiger partial charge in [-0.25, -0.2) is 4.79 Å². The Bertz CT molecular complexity index is 1130. The molecule has 10 heteroatoms. The molecule has 3 aromatic rings. The summed E-state index contributed by atoms with van der Waals surface area (Å²) in [6.07, 6.45) is 0. The van der Waals surface area contributed by atoms with Gasteiger partial charge in [0.2, 0.25) is 5.91 Å². The Kier molecular flexibility index (Phi) is 7.61. The van der Waals surface area contributed by atoms with E-state index in [4.69, 9.17) is 0 Å². The van der Waals surface area contributed by atoms with Crippen molar-refractivity contribution < 1.29 is 19.1 Å². The molecule has 2 N–H and O–H groups in total. The van der Waals surface area contributed by atoms with E-state index in [-0.39, 0.29) is 24.1 Å². The molecule has 0 spiro atoms. The molecule has 0 atom stereocenters. The van der Waals surface area contributed by atoms with E-state index in [1.54, 1.807) is 41.9 Å². The second kappa shape index (κ2) is 10.6. The highest BCUT2D eigenvalue weighted by molar-refractivity contribution is 7.99. The molecule has 1 heterocycles. The lowest BCUT2D eigenvalue weighted by Crippen LogP contribution is -2.25. The average molecular weight is 454 g/mol. The molecule has 1 aromatic heterocycles. The van der Waals surface area contributed by atoms with Crippen LogP contribution in [0.15, 0.2) is 53.7 Å². The molecule has 0 saturated heterocycles. The Labute approximate surface area is 189 Å². The van der Waals surface area contributed by atoms with Gasteiger partial charge in [-0.3, -0.25) is 9.59 Å². The molecule has 9 nitrogen and oxygen atoms in total. The Morgan fingerprint density at radius 1 is 1.06 bits per heavy atom. The maximum atomic E-state index is 12.4. The largest absolute Gasteiger partial charge is 0.465 e. The van der Waals surface area contributed by atoms with Crippen molar-refractivity contribution in [1.82, 2.24) is 20.1 Å². The zero-order valence-electron chi connectivity index (χ0n) is 17.9. The summed E-state index contributed by atoms with van der Waals surface area (Å²) in [7, 11) is 3.09. The molecular formula is C22H23N5O4S. The van der Waals surface area contributed by atoms with Crippen LogP contribution in [0.2, 0.25) is 0 Å². The second-order valence-corrected chi connectivity index (χ2v) is 7.80. The van der Waals surface area contributed by atoms with Crippen LogP contribution in [0.4, 0.5) is 5.69 Å². The topological polar surface area (TPSA) is 115 Å². The minimum Gasteiger partial charge on any atom is -0.465 e. The van der Waals surface area contributed by atoms with Crippen molar-refractivity contribution in [2.75, 3.05) is 18.2 Å². The van der Waals surface area contributed by atoms with Gasteiger partial charge >= 0.3 is 5.97 Å². The van der Waals surface area contributed by atoms with E-state index < -0.39 is 5.97 Å². The monoisotopic (exact) mass is 453 g/mol. The first kappa shape index (κ1) is 23.0. The number of anilines is 1. The molecule has 0 unspecified atom stereocenters. The lowest BCUT2D eigenvalue weighted by molar-refractivity contribution is -0.113. The average Bonchev–Trinajstić information content (AvgIpc) is 3.15. The molecule has 166 valence electrons. The fourth-order valence-electron chi connectivity index (χ4n) is 2.84. The molecule has 0 fully saturated rings. The van der Waals surface area contributed by atoms with Crippen LogP contribution in [0, 0.1) is 6.92 Å². The van der Waals surface area contributed by atoms with Gasteiger partial charge in [-0.05, 0) is 42.8 Å². The molecule has 32 heavy (non-hydrogen) atoms. The molecule has 0 aliphatic carbocycles. The van der Waals surface area contributed by atoms with Gasteiger partial charge in [0.25, 0.3) is 5.91 Å². The Morgan fingerprint density at radius 2 is 1.78 bits per heavy atom. The SMILES string of the molecule is COC(=O)c1ccc(NC(=O)CSc2nnc(CNC(=O)c3ccccc3C)n2C)cc1. The number of ether oxygens (including phenoxy) is 1. The van der Waals surface area contributed by atoms with Crippen molar-refractivity contribution in [3.05, 3.63) is 71.0 Å². The number of esters is 1. The first-order chi connectivity index (χ1) is 15.4. The van der Waals surface area contributed by atoms with Crippen molar-refractivity contribution in [1.29, 1.82) is 0 Å². The van der Waals surface area contributed by atoms with Crippen molar-refractivity contribution in [3.63, 3.8) is 0 Å². The smallest absolute Gasteiger partial charge is 0.337 e. The number of hydrogen-bond acceptors (Lipinski definition) is 7. The van der Waals surface area contributed by atoms with Gasteiger partial charge in [-0.15, -0.1) is 10.2 Å². The van der Waals surface area contributed by atoms with Gasteiger partial charge in [0.15, 0.2) is 11.0 Å². The standard InChI is InChI=1S/C22H23N5O4S/c1-14-6-4-5-7-17(14)20(29)23-12-18-25-26-22(27(18)2)32-13-19(28)24-16-10-8-15(9-11-16)21(30)31-3/h4-11H,12-13H2,1-3H3,(H,23,29)(H,24,28). The van der Waals surface area contributed by atoms with Crippen molar-refractivity contribution in [3.8, 4) is 0 Å². The highest BCUT2D eigenvalue weighted by Crippen LogP contribution is 2.17. The molecule has 0 aliphatic rings. The van der Waals surface area contributed by atoms with Crippen molar-refractivity contribution in [2.24, 2.45) is 7.05 Å². The Morgan fingerprint density at radius 3 is 2.47 bits per heavy atom. The minimum atomic E-state index is -0.438. The van der Waals surface area contributed by atoms with E-state index in [9.17, 15) is 14.4 Å². The molecule has 0 radical (unpaired) electrons. The number of aryl methyl sites for hydroxylation is 1. The summed E-state index contributed by atoms with van der Waals surface area (Å²) in [5, 5.41) is 14.4. The highest BCUT2D eigenvalue weighted by atomic mass is 32.2. The van der Waals surface area contributed by atoms with Gasteiger partial charge < -0.3 is 19.9 Å². The Hall–Kier alpha value is -3.66. The van der Waals surface area contributed by atoms with Crippen molar-refractivity contribution in [2.45, 2.75) is 18.6 Å². The van der Waals surface area contributed by atoms with Gasteiger partial charge in [0.1, 0.15) is 0 Å². The summed E-state index contributed by atoms with van der Waals surface area (Å²) < 4.78 is 6.39. The fraction of sp³-hybridized carbons (Fsp3) is 0.227. The third-order valence-corrected chi connectivity index (χ3v) is 5.66. The number of benzene rings is 2. The quantitative estimate of drug-likeness (QED) is 0.398. The first-order valence-corrected chi connectivity index (χ1v) is 10.7. The molecule has 0 bridgehead atoms. The maximum Gasteiger partial charge on any atom is 0.337 e. The third kappa shape index (κ3) is 5.73. The van der Waals surface area contributed by atoms with Crippen LogP contribution in [0.5, 0.6) is 0 Å². The first-order valence-electron chi connectivity index (χ1n) is 9.72. The number of nitrogens with one attached hydrogen (secondary N) is 2. The van der Waals surface area contributed by atoms with Gasteiger partial charge in [-0.2, -0.15) is 0 Å². The Balaban J connectivity index is 1.51. The number of hydrogen-bond donors (Lipinski definition) is 2. The lowest BCUT2D eigenvalue weighted by atomic mass is 10.1. The van der Waals surface area contributed by atoms with E-state index in [2.05, 4.69) is 25.6 Å². The minimum absolute atomic E-state index is 0.125. The zero-order valence-corrected chi connectivity index (χ0v) is 18.7. The summed E-state index contributed by atoms with van der Waals surface area (Å²) in [5.74, 6) is -0.142. The van der Waals surface area contributed by atoms with Crippen LogP contribution < -0.4 is 10.6 Å². The summed E-state index contributed by atoms with van der Waals surface area (Å²) in [6.45, 7) is 2.10. The summed E-state index contributed by atoms with van der Waals surface area (Å²) >= 11 is 1.23. The zero-order chi connectivity index (χ0) is 23.1. The van der Waals surface area contributed by atoms with Crippen LogP contribution in [0.3, 0.4) is 0 Å². The van der Waals surface area contributed by atoms with Gasteiger partial charge in [0, 0.05) is 18.3 Å². The number of methoxy groups -OCH3 is 1. The molecule has 3 rings (SSSR count). The highest BCUT2D eigenvalue weighted by Gasteiger charge is 2.14. The number of aromatic nitrogens is 3. The van der Waals surface area contributed by atoms with E-state index in [0.717, 1.165) is 5.56 Å². The number of carbonyl (C=O) groups is 3. The van der Waals surface area contributed by atoms with E-state index in [1.165, 1.54) is 18.9 Å². The molecular weight excluding hydrogens is 430 g/mol. The van der Waals surface area contributed by atoms with Crippen LogP contribution in [-0.2, 0) is 23.1 Å². The second-order valence-electron chi connectivity index (χ2n) is 6.86. The summed E-state index contributed by atoms with van der Waals surface area (Å²) in [4.78, 5) is 36.1. The number of thioether (sulfide) groups is 1. The van der Waals surface area contributed by atoms with E-state index in [0.29, 0.717) is 27.8 Å². The molecule has 0 saturated carbocycles. The molecule has 0 aliphatic heterocycles. The van der Waals surface area contributed by atoms with Gasteiger partial charge in [-0.1, -0.05) is 30.0 Å². The lowest BCUT2D eigenvalue weighted by Gasteiger charge is -2.08. The van der Waals surface area contributed by atoms with E-state index >= 15 is 0 Å². The summed E-state index contributed by atoms with van der Waals surface area (Å²) in [5.41, 5.74) is 2.48. The van der Waals surface area contributed by atoms with Crippen LogP contribution in [0.1, 0.15) is 32.1 Å². The predicted molar refractivity (Wildman–Crippen MR) is 120 cm³/mol. The molecule has 2 amide bonds.